The Morgan fingerprint density at radius 1 is 1.00 bits per heavy atom. The van der Waals surface area contributed by atoms with Crippen LogP contribution < -0.4 is 0 Å². The molecule has 0 saturated carbocycles. The van der Waals surface area contributed by atoms with E-state index >= 15 is 0 Å². The van der Waals surface area contributed by atoms with Gasteiger partial charge in [0.2, 0.25) is 0 Å². The Bertz CT molecular complexity index is 416. The maximum atomic E-state index is 12.4. The predicted molar refractivity (Wildman–Crippen MR) is 79.2 cm³/mol. The van der Waals surface area contributed by atoms with Gasteiger partial charge in [0, 0.05) is 12.8 Å². The predicted octanol–water partition coefficient (Wildman–Crippen LogP) is 2.88. The van der Waals surface area contributed by atoms with E-state index in [1.807, 2.05) is 12.1 Å². The molecule has 0 amide bonds. The molecule has 0 atom stereocenters. The van der Waals surface area contributed by atoms with Crippen LogP contribution in [0, 0.1) is 28.1 Å². The maximum Gasteiger partial charge on any atom is 0.323 e. The maximum absolute atomic E-state index is 12.4. The highest BCUT2D eigenvalue weighted by atomic mass is 16.6. The van der Waals surface area contributed by atoms with E-state index in [0.717, 1.165) is 25.7 Å². The Balaban J connectivity index is 4.92. The summed E-state index contributed by atoms with van der Waals surface area (Å²) in [5.41, 5.74) is -1.55. The molecule has 22 heavy (non-hydrogen) atoms. The number of methoxy groups -OCH3 is 1. The molecule has 0 aromatic rings. The minimum absolute atomic E-state index is 0.00560. The fraction of sp³-hybridized carbons (Fsp3) is 0.750. The molecule has 122 valence electrons. The molecule has 0 aliphatic rings. The number of unbranched alkanes of at least 4 members (excludes halogenated alkanes) is 3. The largest absolute Gasteiger partial charge is 0.468 e. The van der Waals surface area contributed by atoms with Crippen molar-refractivity contribution < 1.29 is 19.1 Å². The Labute approximate surface area is 132 Å². The highest BCUT2D eigenvalue weighted by Gasteiger charge is 2.47. The molecule has 0 rings (SSSR count). The van der Waals surface area contributed by atoms with E-state index in [4.69, 9.17) is 20.0 Å². The lowest BCUT2D eigenvalue weighted by Crippen LogP contribution is -2.41. The van der Waals surface area contributed by atoms with Crippen molar-refractivity contribution in [1.29, 1.82) is 10.5 Å². The number of carbonyl (C=O) groups excluding carboxylic acids is 2. The first kappa shape index (κ1) is 19.9. The summed E-state index contributed by atoms with van der Waals surface area (Å²) in [6, 6.07) is 3.84. The van der Waals surface area contributed by atoms with Gasteiger partial charge in [-0.1, -0.05) is 26.2 Å². The van der Waals surface area contributed by atoms with Crippen LogP contribution in [0.3, 0.4) is 0 Å². The number of nitrogens with zero attached hydrogens (tertiary/aromatic N) is 2. The Morgan fingerprint density at radius 2 is 1.59 bits per heavy atom. The zero-order valence-electron chi connectivity index (χ0n) is 13.4. The van der Waals surface area contributed by atoms with Gasteiger partial charge in [0.1, 0.15) is 0 Å². The average molecular weight is 308 g/mol. The van der Waals surface area contributed by atoms with Crippen molar-refractivity contribution in [2.75, 3.05) is 13.7 Å². The SMILES string of the molecule is CCCCCCOC(=O)C(CCC#N)(CCC#N)C(=O)OC. The van der Waals surface area contributed by atoms with E-state index in [2.05, 4.69) is 6.92 Å². The number of hydrogen-bond donors (Lipinski definition) is 0. The smallest absolute Gasteiger partial charge is 0.323 e. The Kier molecular flexibility index (Phi) is 10.5. The summed E-state index contributed by atoms with van der Waals surface area (Å²) < 4.78 is 9.93. The van der Waals surface area contributed by atoms with Crippen LogP contribution >= 0.6 is 0 Å². The van der Waals surface area contributed by atoms with Crippen molar-refractivity contribution in [2.45, 2.75) is 58.3 Å². The molecule has 0 heterocycles. The highest BCUT2D eigenvalue weighted by molar-refractivity contribution is 6.00. The van der Waals surface area contributed by atoms with E-state index in [1.54, 1.807) is 0 Å². The first-order valence-electron chi connectivity index (χ1n) is 7.58. The van der Waals surface area contributed by atoms with Gasteiger partial charge in [-0.25, -0.2) is 0 Å². The fourth-order valence-electron chi connectivity index (χ4n) is 2.18. The Morgan fingerprint density at radius 3 is 2.05 bits per heavy atom. The van der Waals surface area contributed by atoms with Crippen LogP contribution in [0.5, 0.6) is 0 Å². The summed E-state index contributed by atoms with van der Waals surface area (Å²) in [5, 5.41) is 17.5. The lowest BCUT2D eigenvalue weighted by atomic mass is 9.79. The molecule has 0 aromatic heterocycles. The molecule has 0 fully saturated rings. The van der Waals surface area contributed by atoms with Crippen molar-refractivity contribution >= 4 is 11.9 Å². The fourth-order valence-corrected chi connectivity index (χ4v) is 2.18. The van der Waals surface area contributed by atoms with Gasteiger partial charge in [0.25, 0.3) is 0 Å². The van der Waals surface area contributed by atoms with Gasteiger partial charge in [-0.3, -0.25) is 9.59 Å². The molecule has 0 aromatic carbocycles. The first-order chi connectivity index (χ1) is 10.6. The standard InChI is InChI=1S/C16H24N2O4/c1-3-4-5-6-13-22-15(20)16(9-7-11-17,10-8-12-18)14(19)21-2/h3-10,13H2,1-2H3. The molecule has 0 spiro atoms. The van der Waals surface area contributed by atoms with Gasteiger partial charge in [-0.05, 0) is 19.3 Å². The van der Waals surface area contributed by atoms with Crippen LogP contribution in [0.2, 0.25) is 0 Å². The third-order valence-corrected chi connectivity index (χ3v) is 3.53. The van der Waals surface area contributed by atoms with Crippen LogP contribution in [0.15, 0.2) is 0 Å². The second-order valence-corrected chi connectivity index (χ2v) is 5.09. The zero-order valence-corrected chi connectivity index (χ0v) is 13.4. The van der Waals surface area contributed by atoms with Gasteiger partial charge in [-0.15, -0.1) is 0 Å². The number of esters is 2. The summed E-state index contributed by atoms with van der Waals surface area (Å²) in [6.07, 6.45) is 3.86. The third-order valence-electron chi connectivity index (χ3n) is 3.53. The molecule has 6 heteroatoms. The van der Waals surface area contributed by atoms with Crippen LogP contribution in [0.1, 0.15) is 58.3 Å². The molecular formula is C16H24N2O4. The number of ether oxygens (including phenoxy) is 2. The molecule has 0 unspecified atom stereocenters. The average Bonchev–Trinajstić information content (AvgIpc) is 2.54. The van der Waals surface area contributed by atoms with Gasteiger partial charge >= 0.3 is 11.9 Å². The second kappa shape index (κ2) is 11.6. The van der Waals surface area contributed by atoms with E-state index in [9.17, 15) is 9.59 Å². The lowest BCUT2D eigenvalue weighted by molar-refractivity contribution is -0.172. The van der Waals surface area contributed by atoms with E-state index in [-0.39, 0.29) is 32.3 Å². The molecule has 6 nitrogen and oxygen atoms in total. The van der Waals surface area contributed by atoms with Gasteiger partial charge in [0.05, 0.1) is 25.9 Å². The first-order valence-corrected chi connectivity index (χ1v) is 7.58. The number of nitriles is 2. The van der Waals surface area contributed by atoms with Crippen LogP contribution in [-0.4, -0.2) is 25.7 Å². The van der Waals surface area contributed by atoms with E-state index in [1.165, 1.54) is 7.11 Å². The number of hydrogen-bond acceptors (Lipinski definition) is 6. The van der Waals surface area contributed by atoms with Crippen LogP contribution in [0.4, 0.5) is 0 Å². The normalized spacial score (nSPS) is 10.4. The lowest BCUT2D eigenvalue weighted by Gasteiger charge is -2.27. The second-order valence-electron chi connectivity index (χ2n) is 5.09. The van der Waals surface area contributed by atoms with Crippen LogP contribution in [-0.2, 0) is 19.1 Å². The topological polar surface area (TPSA) is 100 Å². The molecule has 0 saturated heterocycles. The minimum atomic E-state index is -1.55. The van der Waals surface area contributed by atoms with Crippen LogP contribution in [0.25, 0.3) is 0 Å². The molecular weight excluding hydrogens is 284 g/mol. The van der Waals surface area contributed by atoms with E-state index in [0.29, 0.717) is 0 Å². The van der Waals surface area contributed by atoms with Crippen molar-refractivity contribution in [3.05, 3.63) is 0 Å². The molecule has 0 aliphatic heterocycles. The zero-order chi connectivity index (χ0) is 16.8. The number of carbonyl (C=O) groups is 2. The van der Waals surface area contributed by atoms with E-state index < -0.39 is 17.4 Å². The van der Waals surface area contributed by atoms with Crippen molar-refractivity contribution in [1.82, 2.24) is 0 Å². The summed E-state index contributed by atoms with van der Waals surface area (Å²) in [5.74, 6) is -1.43. The molecule has 0 bridgehead atoms. The van der Waals surface area contributed by atoms with Gasteiger partial charge in [0.15, 0.2) is 5.41 Å². The number of rotatable bonds is 11. The monoisotopic (exact) mass is 308 g/mol. The van der Waals surface area contributed by atoms with Gasteiger partial charge in [-0.2, -0.15) is 10.5 Å². The molecule has 0 radical (unpaired) electrons. The van der Waals surface area contributed by atoms with Gasteiger partial charge < -0.3 is 9.47 Å². The quantitative estimate of drug-likeness (QED) is 0.330. The highest BCUT2D eigenvalue weighted by Crippen LogP contribution is 2.33. The summed E-state index contributed by atoms with van der Waals surface area (Å²) >= 11 is 0. The Hall–Kier alpha value is -2.08. The summed E-state index contributed by atoms with van der Waals surface area (Å²) in [6.45, 7) is 2.31. The third kappa shape index (κ3) is 6.13. The summed E-state index contributed by atoms with van der Waals surface area (Å²) in [4.78, 5) is 24.4. The molecule has 0 aliphatic carbocycles. The summed E-state index contributed by atoms with van der Waals surface area (Å²) in [7, 11) is 1.18. The van der Waals surface area contributed by atoms with Crippen molar-refractivity contribution in [3.63, 3.8) is 0 Å². The van der Waals surface area contributed by atoms with Crippen molar-refractivity contribution in [3.8, 4) is 12.1 Å². The minimum Gasteiger partial charge on any atom is -0.468 e. The van der Waals surface area contributed by atoms with Crippen molar-refractivity contribution in [2.24, 2.45) is 5.41 Å². The molecule has 0 N–H and O–H groups in total.